The summed E-state index contributed by atoms with van der Waals surface area (Å²) >= 11 is 1.57. The van der Waals surface area contributed by atoms with Gasteiger partial charge in [0, 0.05) is 18.0 Å². The first-order valence-electron chi connectivity index (χ1n) is 11.1. The largest absolute Gasteiger partial charge is 0.493 e. The van der Waals surface area contributed by atoms with Crippen LogP contribution in [0.3, 0.4) is 0 Å². The summed E-state index contributed by atoms with van der Waals surface area (Å²) in [5.41, 5.74) is 4.33. The van der Waals surface area contributed by atoms with E-state index in [2.05, 4.69) is 38.1 Å². The van der Waals surface area contributed by atoms with Gasteiger partial charge in [-0.1, -0.05) is 50.2 Å². The lowest BCUT2D eigenvalue weighted by molar-refractivity contribution is -0.131. The number of hydrogen-bond donors (Lipinski definition) is 0. The maximum atomic E-state index is 13.2. The maximum Gasteiger partial charge on any atom is 0.229 e. The summed E-state index contributed by atoms with van der Waals surface area (Å²) in [4.78, 5) is 19.9. The molecule has 0 N–H and O–H groups in total. The lowest BCUT2D eigenvalue weighted by atomic mass is 10.0. The third-order valence-corrected chi connectivity index (χ3v) is 6.53. The third-order valence-electron chi connectivity index (χ3n) is 5.61. The molecule has 0 aliphatic heterocycles. The van der Waals surface area contributed by atoms with E-state index in [0.717, 1.165) is 34.9 Å². The van der Waals surface area contributed by atoms with Crippen molar-refractivity contribution < 1.29 is 9.53 Å². The molecule has 2 aromatic carbocycles. The Morgan fingerprint density at radius 1 is 1.16 bits per heavy atom. The first-order valence-corrected chi connectivity index (χ1v) is 12.0. The van der Waals surface area contributed by atoms with E-state index in [0.29, 0.717) is 31.5 Å². The van der Waals surface area contributed by atoms with E-state index in [1.54, 1.807) is 11.3 Å². The highest BCUT2D eigenvalue weighted by atomic mass is 32.1. The van der Waals surface area contributed by atoms with Crippen molar-refractivity contribution in [2.45, 2.75) is 58.5 Å². The van der Waals surface area contributed by atoms with Crippen molar-refractivity contribution in [3.8, 4) is 16.3 Å². The minimum absolute atomic E-state index is 0.158. The Morgan fingerprint density at radius 3 is 2.58 bits per heavy atom. The molecule has 1 amide bonds. The van der Waals surface area contributed by atoms with E-state index >= 15 is 0 Å². The molecule has 0 saturated heterocycles. The van der Waals surface area contributed by atoms with Crippen molar-refractivity contribution in [1.82, 2.24) is 9.88 Å². The highest BCUT2D eigenvalue weighted by Crippen LogP contribution is 2.33. The molecule has 0 spiro atoms. The average Bonchev–Trinajstić information content (AvgIpc) is 3.51. The molecule has 0 bridgehead atoms. The summed E-state index contributed by atoms with van der Waals surface area (Å²) in [7, 11) is 0. The first kappa shape index (κ1) is 21.6. The third kappa shape index (κ3) is 5.34. The molecule has 5 heteroatoms. The van der Waals surface area contributed by atoms with Crippen molar-refractivity contribution >= 4 is 17.2 Å². The van der Waals surface area contributed by atoms with E-state index in [1.807, 2.05) is 41.5 Å². The van der Waals surface area contributed by atoms with Gasteiger partial charge in [-0.15, -0.1) is 11.3 Å². The maximum absolute atomic E-state index is 13.2. The molecule has 0 atom stereocenters. The second kappa shape index (κ2) is 9.65. The summed E-state index contributed by atoms with van der Waals surface area (Å²) in [6, 6.07) is 17.0. The van der Waals surface area contributed by atoms with Crippen LogP contribution in [0, 0.1) is 0 Å². The van der Waals surface area contributed by atoms with Crippen LogP contribution >= 0.6 is 11.3 Å². The minimum Gasteiger partial charge on any atom is -0.493 e. The Labute approximate surface area is 188 Å². The van der Waals surface area contributed by atoms with Gasteiger partial charge in [0.15, 0.2) is 0 Å². The molecule has 0 unspecified atom stereocenters. The van der Waals surface area contributed by atoms with Gasteiger partial charge in [-0.2, -0.15) is 0 Å². The van der Waals surface area contributed by atoms with Gasteiger partial charge in [-0.25, -0.2) is 4.98 Å². The van der Waals surface area contributed by atoms with Gasteiger partial charge in [0.25, 0.3) is 0 Å². The van der Waals surface area contributed by atoms with Crippen LogP contribution in [0.5, 0.6) is 5.75 Å². The van der Waals surface area contributed by atoms with Crippen LogP contribution in [0.4, 0.5) is 0 Å². The van der Waals surface area contributed by atoms with Crippen LogP contribution in [-0.2, 0) is 17.8 Å². The summed E-state index contributed by atoms with van der Waals surface area (Å²) in [6.07, 6.45) is 2.54. The summed E-state index contributed by atoms with van der Waals surface area (Å²) in [5.74, 6) is 1.51. The van der Waals surface area contributed by atoms with Crippen LogP contribution in [0.25, 0.3) is 10.6 Å². The summed E-state index contributed by atoms with van der Waals surface area (Å²) < 4.78 is 5.74. The monoisotopic (exact) mass is 434 g/mol. The average molecular weight is 435 g/mol. The fourth-order valence-electron chi connectivity index (χ4n) is 3.70. The highest BCUT2D eigenvalue weighted by molar-refractivity contribution is 7.13. The molecule has 4 rings (SSSR count). The Hall–Kier alpha value is -2.66. The molecule has 31 heavy (non-hydrogen) atoms. The van der Waals surface area contributed by atoms with Gasteiger partial charge in [-0.05, 0) is 48.9 Å². The smallest absolute Gasteiger partial charge is 0.229 e. The van der Waals surface area contributed by atoms with Crippen LogP contribution < -0.4 is 4.74 Å². The van der Waals surface area contributed by atoms with E-state index in [1.165, 1.54) is 11.1 Å². The molecule has 162 valence electrons. The molecule has 3 aromatic rings. The van der Waals surface area contributed by atoms with Crippen LogP contribution in [0.15, 0.2) is 53.9 Å². The van der Waals surface area contributed by atoms with E-state index < -0.39 is 0 Å². The molecule has 1 fully saturated rings. The fraction of sp³-hybridized carbons (Fsp3) is 0.385. The predicted octanol–water partition coefficient (Wildman–Crippen LogP) is 6.07. The molecule has 1 aromatic heterocycles. The van der Waals surface area contributed by atoms with Gasteiger partial charge in [0.05, 0.1) is 24.3 Å². The lowest BCUT2D eigenvalue weighted by Gasteiger charge is -2.22. The molecular weight excluding hydrogens is 404 g/mol. The highest BCUT2D eigenvalue weighted by Gasteiger charge is 2.32. The molecular formula is C26H30N2O2S. The summed E-state index contributed by atoms with van der Waals surface area (Å²) in [6.45, 7) is 7.66. The van der Waals surface area contributed by atoms with Crippen molar-refractivity contribution in [3.63, 3.8) is 0 Å². The van der Waals surface area contributed by atoms with Crippen molar-refractivity contribution in [1.29, 1.82) is 0 Å². The second-order valence-electron chi connectivity index (χ2n) is 8.40. The lowest BCUT2D eigenvalue weighted by Crippen LogP contribution is -2.33. The van der Waals surface area contributed by atoms with Crippen LogP contribution in [0.1, 0.15) is 56.4 Å². The SMILES string of the molecule is CCOc1ccccc1-c1nc(CC(=O)N(Cc2ccc(C(C)C)cc2)C2CC2)cs1. The number of carbonyl (C=O) groups is 1. The van der Waals surface area contributed by atoms with Gasteiger partial charge in [0.2, 0.25) is 5.91 Å². The number of rotatable bonds is 9. The molecule has 1 heterocycles. The standard InChI is InChI=1S/C26H30N2O2S/c1-4-30-24-8-6-5-7-23(24)26-27-21(17-31-26)15-25(29)28(22-13-14-22)16-19-9-11-20(12-10-19)18(2)3/h5-12,17-18,22H,4,13-16H2,1-3H3. The van der Waals surface area contributed by atoms with Gasteiger partial charge in [-0.3, -0.25) is 4.79 Å². The molecule has 0 radical (unpaired) electrons. The number of aromatic nitrogens is 1. The number of benzene rings is 2. The van der Waals surface area contributed by atoms with E-state index in [9.17, 15) is 4.79 Å². The van der Waals surface area contributed by atoms with Crippen LogP contribution in [0.2, 0.25) is 0 Å². The molecule has 1 aliphatic rings. The topological polar surface area (TPSA) is 42.4 Å². The normalized spacial score (nSPS) is 13.4. The minimum atomic E-state index is 0.158. The van der Waals surface area contributed by atoms with Crippen molar-refractivity contribution in [2.75, 3.05) is 6.61 Å². The quantitative estimate of drug-likeness (QED) is 0.411. The zero-order valence-corrected chi connectivity index (χ0v) is 19.3. The Morgan fingerprint density at radius 2 is 1.90 bits per heavy atom. The Bertz CT molecular complexity index is 1020. The van der Waals surface area contributed by atoms with Crippen molar-refractivity contribution in [2.24, 2.45) is 0 Å². The van der Waals surface area contributed by atoms with Gasteiger partial charge < -0.3 is 9.64 Å². The number of hydrogen-bond acceptors (Lipinski definition) is 4. The van der Waals surface area contributed by atoms with E-state index in [-0.39, 0.29) is 5.91 Å². The second-order valence-corrected chi connectivity index (χ2v) is 9.26. The van der Waals surface area contributed by atoms with Gasteiger partial charge >= 0.3 is 0 Å². The Kier molecular flexibility index (Phi) is 6.71. The Balaban J connectivity index is 1.45. The number of amides is 1. The summed E-state index contributed by atoms with van der Waals surface area (Å²) in [5, 5.41) is 2.90. The first-order chi connectivity index (χ1) is 15.0. The number of thiazole rings is 1. The fourth-order valence-corrected chi connectivity index (χ4v) is 4.55. The van der Waals surface area contributed by atoms with Crippen LogP contribution in [-0.4, -0.2) is 28.4 Å². The predicted molar refractivity (Wildman–Crippen MR) is 127 cm³/mol. The zero-order valence-electron chi connectivity index (χ0n) is 18.5. The molecule has 1 saturated carbocycles. The number of ether oxygens (including phenoxy) is 1. The number of para-hydroxylation sites is 1. The molecule has 1 aliphatic carbocycles. The van der Waals surface area contributed by atoms with E-state index in [4.69, 9.17) is 9.72 Å². The number of nitrogens with zero attached hydrogens (tertiary/aromatic N) is 2. The number of carbonyl (C=O) groups excluding carboxylic acids is 1. The zero-order chi connectivity index (χ0) is 21.8. The molecule has 4 nitrogen and oxygen atoms in total. The van der Waals surface area contributed by atoms with Gasteiger partial charge in [0.1, 0.15) is 10.8 Å². The van der Waals surface area contributed by atoms with Crippen molar-refractivity contribution in [3.05, 3.63) is 70.7 Å².